The molecule has 5 aliphatic carbocycles. The molecule has 0 aromatic heterocycles. The molecular weight excluding hydrogens is 436 g/mol. The van der Waals surface area contributed by atoms with Gasteiger partial charge in [-0.15, -0.1) is 0 Å². The van der Waals surface area contributed by atoms with Crippen LogP contribution >= 0.6 is 0 Å². The highest BCUT2D eigenvalue weighted by Gasteiger charge is 2.71. The van der Waals surface area contributed by atoms with E-state index in [-0.39, 0.29) is 56.8 Å². The van der Waals surface area contributed by atoms with E-state index in [0.29, 0.717) is 5.92 Å². The molecule has 0 amide bonds. The predicted molar refractivity (Wildman–Crippen MR) is 137 cm³/mol. The second-order valence-electron chi connectivity index (χ2n) is 15.2. The van der Waals surface area contributed by atoms with Crippen LogP contribution in [-0.2, 0) is 14.3 Å². The molecule has 0 heterocycles. The van der Waals surface area contributed by atoms with Gasteiger partial charge in [0.05, 0.1) is 18.6 Å². The molecule has 0 aromatic carbocycles. The quantitative estimate of drug-likeness (QED) is 0.431. The third-order valence-electron chi connectivity index (χ3n) is 13.0. The van der Waals surface area contributed by atoms with Gasteiger partial charge in [0.2, 0.25) is 0 Å². The summed E-state index contributed by atoms with van der Waals surface area (Å²) in [5.41, 5.74) is 0.489. The third-order valence-corrected chi connectivity index (χ3v) is 13.0. The summed E-state index contributed by atoms with van der Waals surface area (Å²) < 4.78 is 5.43. The van der Waals surface area contributed by atoms with E-state index in [1.54, 1.807) is 0 Å². The summed E-state index contributed by atoms with van der Waals surface area (Å²) in [5, 5.41) is 10.9. The Bertz CT molecular complexity index is 976. The first kappa shape index (κ1) is 25.5. The van der Waals surface area contributed by atoms with Crippen LogP contribution in [0.15, 0.2) is 11.6 Å². The number of hydrogen-bond donors (Lipinski definition) is 1. The number of aliphatic hydroxyl groups is 1. The Kier molecular flexibility index (Phi) is 5.43. The number of esters is 1. The molecule has 196 valence electrons. The monoisotopic (exact) mass is 484 g/mol. The maximum Gasteiger partial charge on any atom is 0.312 e. The van der Waals surface area contributed by atoms with E-state index in [4.69, 9.17) is 4.74 Å². The average molecular weight is 485 g/mol. The molecule has 1 N–H and O–H groups in total. The number of ether oxygens (including phenoxy) is 1. The van der Waals surface area contributed by atoms with Crippen LogP contribution in [0.5, 0.6) is 0 Å². The van der Waals surface area contributed by atoms with Crippen molar-refractivity contribution in [3.05, 3.63) is 11.6 Å². The molecule has 4 fully saturated rings. The highest BCUT2D eigenvalue weighted by molar-refractivity contribution is 5.96. The minimum absolute atomic E-state index is 0.0368. The van der Waals surface area contributed by atoms with Gasteiger partial charge < -0.3 is 9.84 Å². The smallest absolute Gasteiger partial charge is 0.312 e. The standard InChI is InChI=1S/C31H48O4/c1-26(2)13-15-31(25(34)35-8)16-14-30(7)24(19(31)18-26)20(32)17-22-28(5)11-10-23(33)27(3,4)21(28)9-12-29(22,30)6/h17,19,21,23-24,33H,9-16,18H2,1-8H3/t19?,21-,23?,24?,28-,29+,30+,31-/m0/s1. The molecule has 0 bridgehead atoms. The van der Waals surface area contributed by atoms with E-state index >= 15 is 0 Å². The summed E-state index contributed by atoms with van der Waals surface area (Å²) in [6, 6.07) is 0. The minimum Gasteiger partial charge on any atom is -0.469 e. The maximum absolute atomic E-state index is 14.3. The van der Waals surface area contributed by atoms with Gasteiger partial charge >= 0.3 is 5.97 Å². The molecular formula is C31H48O4. The Balaban J connectivity index is 1.65. The summed E-state index contributed by atoms with van der Waals surface area (Å²) >= 11 is 0. The van der Waals surface area contributed by atoms with Crippen LogP contribution < -0.4 is 0 Å². The maximum atomic E-state index is 14.3. The first-order valence-electron chi connectivity index (χ1n) is 14.1. The van der Waals surface area contributed by atoms with Crippen LogP contribution in [0.1, 0.15) is 106 Å². The molecule has 5 rings (SSSR count). The second-order valence-corrected chi connectivity index (χ2v) is 15.2. The summed E-state index contributed by atoms with van der Waals surface area (Å²) in [7, 11) is 1.52. The van der Waals surface area contributed by atoms with Gasteiger partial charge in [0.1, 0.15) is 0 Å². The van der Waals surface area contributed by atoms with Gasteiger partial charge in [-0.2, -0.15) is 0 Å². The zero-order valence-electron chi connectivity index (χ0n) is 23.4. The first-order chi connectivity index (χ1) is 16.1. The Morgan fingerprint density at radius 2 is 1.60 bits per heavy atom. The topological polar surface area (TPSA) is 63.6 Å². The molecule has 0 radical (unpaired) electrons. The van der Waals surface area contributed by atoms with Crippen molar-refractivity contribution >= 4 is 11.8 Å². The van der Waals surface area contributed by atoms with E-state index < -0.39 is 5.41 Å². The molecule has 8 atom stereocenters. The molecule has 4 saturated carbocycles. The Labute approximate surface area is 212 Å². The number of rotatable bonds is 1. The van der Waals surface area contributed by atoms with Gasteiger partial charge in [-0.1, -0.05) is 54.0 Å². The molecule has 35 heavy (non-hydrogen) atoms. The SMILES string of the molecule is COC(=O)[C@]12CCC(C)(C)CC1C1C(=O)C=C3[C@@]4(C)CCC(O)C(C)(C)[C@@H]4CC[C@@]3(C)[C@]1(C)CC2. The van der Waals surface area contributed by atoms with E-state index in [0.717, 1.165) is 57.8 Å². The van der Waals surface area contributed by atoms with Crippen molar-refractivity contribution in [1.82, 2.24) is 0 Å². The van der Waals surface area contributed by atoms with Crippen molar-refractivity contribution in [2.75, 3.05) is 7.11 Å². The van der Waals surface area contributed by atoms with Crippen LogP contribution in [0.25, 0.3) is 0 Å². The minimum atomic E-state index is -0.524. The Morgan fingerprint density at radius 3 is 2.26 bits per heavy atom. The number of hydrogen-bond acceptors (Lipinski definition) is 4. The molecule has 0 aromatic rings. The lowest BCUT2D eigenvalue weighted by Gasteiger charge is -2.70. The van der Waals surface area contributed by atoms with E-state index in [2.05, 4.69) is 54.5 Å². The fraction of sp³-hybridized carbons (Fsp3) is 0.871. The molecule has 0 spiro atoms. The number of allylic oxidation sites excluding steroid dienone is 2. The molecule has 5 aliphatic rings. The van der Waals surface area contributed by atoms with Crippen molar-refractivity contribution in [2.24, 2.45) is 50.2 Å². The van der Waals surface area contributed by atoms with Gasteiger partial charge in [0.25, 0.3) is 0 Å². The molecule has 0 aliphatic heterocycles. The van der Waals surface area contributed by atoms with Gasteiger partial charge in [-0.05, 0) is 103 Å². The Hall–Kier alpha value is -1.16. The zero-order chi connectivity index (χ0) is 25.8. The van der Waals surface area contributed by atoms with Crippen molar-refractivity contribution < 1.29 is 19.4 Å². The summed E-state index contributed by atoms with van der Waals surface area (Å²) in [5.74, 6) is 0.436. The average Bonchev–Trinajstić information content (AvgIpc) is 2.77. The summed E-state index contributed by atoms with van der Waals surface area (Å²) in [6.45, 7) is 16.3. The largest absolute Gasteiger partial charge is 0.469 e. The third kappa shape index (κ3) is 3.07. The van der Waals surface area contributed by atoms with Gasteiger partial charge in [0, 0.05) is 5.92 Å². The second kappa shape index (κ2) is 7.45. The Morgan fingerprint density at radius 1 is 0.943 bits per heavy atom. The normalized spacial score (nSPS) is 50.1. The van der Waals surface area contributed by atoms with E-state index in [1.165, 1.54) is 12.7 Å². The molecule has 0 saturated heterocycles. The first-order valence-corrected chi connectivity index (χ1v) is 14.1. The fourth-order valence-corrected chi connectivity index (χ4v) is 10.6. The molecule has 3 unspecified atom stereocenters. The van der Waals surface area contributed by atoms with E-state index in [9.17, 15) is 14.7 Å². The van der Waals surface area contributed by atoms with Crippen LogP contribution in [0.2, 0.25) is 0 Å². The van der Waals surface area contributed by atoms with Gasteiger partial charge in [-0.3, -0.25) is 9.59 Å². The van der Waals surface area contributed by atoms with Gasteiger partial charge in [0.15, 0.2) is 5.78 Å². The van der Waals surface area contributed by atoms with Crippen molar-refractivity contribution in [1.29, 1.82) is 0 Å². The lowest BCUT2D eigenvalue weighted by molar-refractivity contribution is -0.195. The van der Waals surface area contributed by atoms with Crippen molar-refractivity contribution in [2.45, 2.75) is 112 Å². The summed E-state index contributed by atoms with van der Waals surface area (Å²) in [6.07, 6.45) is 10.1. The number of aliphatic hydroxyl groups excluding tert-OH is 1. The number of carbonyl (C=O) groups is 2. The van der Waals surface area contributed by atoms with Crippen LogP contribution in [0, 0.1) is 50.2 Å². The van der Waals surface area contributed by atoms with Crippen molar-refractivity contribution in [3.8, 4) is 0 Å². The highest BCUT2D eigenvalue weighted by Crippen LogP contribution is 2.75. The lowest BCUT2D eigenvalue weighted by atomic mass is 9.34. The summed E-state index contributed by atoms with van der Waals surface area (Å²) in [4.78, 5) is 27.7. The predicted octanol–water partition coefficient (Wildman–Crippen LogP) is 6.50. The highest BCUT2D eigenvalue weighted by atomic mass is 16.5. The number of ketones is 1. The zero-order valence-corrected chi connectivity index (χ0v) is 23.4. The van der Waals surface area contributed by atoms with Crippen LogP contribution in [-0.4, -0.2) is 30.1 Å². The van der Waals surface area contributed by atoms with Crippen LogP contribution in [0.3, 0.4) is 0 Å². The molecule has 4 nitrogen and oxygen atoms in total. The van der Waals surface area contributed by atoms with E-state index in [1.807, 2.05) is 0 Å². The number of fused-ring (bicyclic) bond motifs is 7. The fourth-order valence-electron chi connectivity index (χ4n) is 10.6. The lowest BCUT2D eigenvalue weighted by Crippen LogP contribution is -2.66. The number of carbonyl (C=O) groups excluding carboxylic acids is 2. The number of methoxy groups -OCH3 is 1. The van der Waals surface area contributed by atoms with Crippen LogP contribution in [0.4, 0.5) is 0 Å². The van der Waals surface area contributed by atoms with Crippen molar-refractivity contribution in [3.63, 3.8) is 0 Å². The van der Waals surface area contributed by atoms with Gasteiger partial charge in [-0.25, -0.2) is 0 Å². The molecule has 4 heteroatoms.